The minimum atomic E-state index is 0.172. The molecule has 1 aliphatic rings. The van der Waals surface area contributed by atoms with Gasteiger partial charge in [-0.05, 0) is 36.5 Å². The van der Waals surface area contributed by atoms with Gasteiger partial charge in [-0.3, -0.25) is 4.98 Å². The number of pyridine rings is 1. The van der Waals surface area contributed by atoms with Crippen LogP contribution in [0.2, 0.25) is 0 Å². The van der Waals surface area contributed by atoms with Crippen LogP contribution in [0.25, 0.3) is 10.9 Å². The zero-order valence-electron chi connectivity index (χ0n) is 9.97. The predicted molar refractivity (Wildman–Crippen MR) is 70.6 cm³/mol. The van der Waals surface area contributed by atoms with Crippen LogP contribution in [0.15, 0.2) is 36.5 Å². The van der Waals surface area contributed by atoms with E-state index in [-0.39, 0.29) is 6.04 Å². The molecule has 2 N–H and O–H groups in total. The molecule has 3 rings (SSSR count). The molecule has 17 heavy (non-hydrogen) atoms. The number of benzene rings is 1. The maximum Gasteiger partial charge on any atom is 0.0705 e. The highest BCUT2D eigenvalue weighted by atomic mass is 14.7. The molecule has 1 heterocycles. The molecular weight excluding hydrogens is 208 g/mol. The van der Waals surface area contributed by atoms with Crippen LogP contribution >= 0.6 is 0 Å². The number of aromatic nitrogens is 1. The molecule has 0 aliphatic heterocycles. The minimum absolute atomic E-state index is 0.172. The molecule has 1 atom stereocenters. The summed E-state index contributed by atoms with van der Waals surface area (Å²) >= 11 is 0. The highest BCUT2D eigenvalue weighted by Gasteiger charge is 2.24. The number of hydrogen-bond acceptors (Lipinski definition) is 2. The van der Waals surface area contributed by atoms with Gasteiger partial charge < -0.3 is 5.73 Å². The fourth-order valence-corrected chi connectivity index (χ4v) is 2.99. The molecule has 0 saturated heterocycles. The van der Waals surface area contributed by atoms with E-state index in [0.717, 1.165) is 5.52 Å². The van der Waals surface area contributed by atoms with Crippen molar-refractivity contribution in [2.45, 2.75) is 31.7 Å². The van der Waals surface area contributed by atoms with E-state index >= 15 is 0 Å². The highest BCUT2D eigenvalue weighted by Crippen LogP contribution is 2.36. The van der Waals surface area contributed by atoms with Crippen molar-refractivity contribution in [2.24, 2.45) is 11.7 Å². The third-order valence-corrected chi connectivity index (χ3v) is 3.95. The molecule has 0 bridgehead atoms. The van der Waals surface area contributed by atoms with E-state index in [9.17, 15) is 0 Å². The summed E-state index contributed by atoms with van der Waals surface area (Å²) in [4.78, 5) is 4.40. The van der Waals surface area contributed by atoms with E-state index < -0.39 is 0 Å². The van der Waals surface area contributed by atoms with Gasteiger partial charge in [0.05, 0.1) is 5.52 Å². The summed E-state index contributed by atoms with van der Waals surface area (Å²) in [5, 5.41) is 1.22. The number of nitrogens with zero attached hydrogens (tertiary/aromatic N) is 1. The zero-order chi connectivity index (χ0) is 11.7. The lowest BCUT2D eigenvalue weighted by Crippen LogP contribution is -2.19. The van der Waals surface area contributed by atoms with Crippen LogP contribution in [-0.2, 0) is 0 Å². The molecule has 1 aromatic carbocycles. The topological polar surface area (TPSA) is 38.9 Å². The minimum Gasteiger partial charge on any atom is -0.324 e. The standard InChI is InChI=1S/C15H18N2/c16-15(11-5-1-2-6-11)13-7-3-9-14-12(13)8-4-10-17-14/h3-4,7-11,15H,1-2,5-6,16H2. The van der Waals surface area contributed by atoms with Crippen LogP contribution in [0.5, 0.6) is 0 Å². The van der Waals surface area contributed by atoms with Gasteiger partial charge in [0.1, 0.15) is 0 Å². The summed E-state index contributed by atoms with van der Waals surface area (Å²) in [6.07, 6.45) is 7.06. The monoisotopic (exact) mass is 226 g/mol. The van der Waals surface area contributed by atoms with Crippen molar-refractivity contribution >= 4 is 10.9 Å². The third-order valence-electron chi connectivity index (χ3n) is 3.95. The molecule has 2 aromatic rings. The molecule has 0 spiro atoms. The van der Waals surface area contributed by atoms with E-state index in [2.05, 4.69) is 29.2 Å². The Bertz CT molecular complexity index is 510. The average molecular weight is 226 g/mol. The molecule has 2 nitrogen and oxygen atoms in total. The molecular formula is C15H18N2. The predicted octanol–water partition coefficient (Wildman–Crippen LogP) is 3.42. The Morgan fingerprint density at radius 3 is 2.76 bits per heavy atom. The quantitative estimate of drug-likeness (QED) is 0.852. The summed E-state index contributed by atoms with van der Waals surface area (Å²) in [5.41, 5.74) is 8.76. The smallest absolute Gasteiger partial charge is 0.0705 e. The first-order chi connectivity index (χ1) is 8.36. The maximum absolute atomic E-state index is 6.44. The Balaban J connectivity index is 2.04. The van der Waals surface area contributed by atoms with E-state index in [0.29, 0.717) is 5.92 Å². The first-order valence-corrected chi connectivity index (χ1v) is 6.45. The van der Waals surface area contributed by atoms with E-state index in [1.807, 2.05) is 12.3 Å². The van der Waals surface area contributed by atoms with Crippen LogP contribution in [0.1, 0.15) is 37.3 Å². The average Bonchev–Trinajstić information content (AvgIpc) is 2.91. The third kappa shape index (κ3) is 1.93. The van der Waals surface area contributed by atoms with Crippen molar-refractivity contribution in [2.75, 3.05) is 0 Å². The van der Waals surface area contributed by atoms with Gasteiger partial charge in [0, 0.05) is 17.6 Å². The molecule has 2 heteroatoms. The number of hydrogen-bond donors (Lipinski definition) is 1. The van der Waals surface area contributed by atoms with Gasteiger partial charge >= 0.3 is 0 Å². The maximum atomic E-state index is 6.44. The number of rotatable bonds is 2. The Kier molecular flexibility index (Phi) is 2.81. The second-order valence-electron chi connectivity index (χ2n) is 4.99. The van der Waals surface area contributed by atoms with Crippen molar-refractivity contribution in [3.63, 3.8) is 0 Å². The summed E-state index contributed by atoms with van der Waals surface area (Å²) in [6, 6.07) is 10.6. The lowest BCUT2D eigenvalue weighted by molar-refractivity contribution is 0.447. The van der Waals surface area contributed by atoms with Crippen molar-refractivity contribution in [3.8, 4) is 0 Å². The van der Waals surface area contributed by atoms with Crippen molar-refractivity contribution in [1.82, 2.24) is 4.98 Å². The first-order valence-electron chi connectivity index (χ1n) is 6.45. The molecule has 0 radical (unpaired) electrons. The first kappa shape index (κ1) is 10.7. The van der Waals surface area contributed by atoms with Crippen LogP contribution < -0.4 is 5.73 Å². The van der Waals surface area contributed by atoms with Crippen molar-refractivity contribution in [3.05, 3.63) is 42.1 Å². The Morgan fingerprint density at radius 1 is 1.12 bits per heavy atom. The Labute approximate surface area is 102 Å². The second kappa shape index (κ2) is 4.46. The number of nitrogens with two attached hydrogens (primary N) is 1. The molecule has 0 amide bonds. The van der Waals surface area contributed by atoms with Crippen LogP contribution in [-0.4, -0.2) is 4.98 Å². The van der Waals surface area contributed by atoms with Gasteiger partial charge in [0.25, 0.3) is 0 Å². The van der Waals surface area contributed by atoms with Gasteiger partial charge in [-0.1, -0.05) is 31.0 Å². The van der Waals surface area contributed by atoms with Gasteiger partial charge in [0.15, 0.2) is 0 Å². The molecule has 88 valence electrons. The van der Waals surface area contributed by atoms with E-state index in [1.54, 1.807) is 0 Å². The normalized spacial score (nSPS) is 18.6. The van der Waals surface area contributed by atoms with E-state index in [4.69, 9.17) is 5.73 Å². The molecule has 1 unspecified atom stereocenters. The fourth-order valence-electron chi connectivity index (χ4n) is 2.99. The summed E-state index contributed by atoms with van der Waals surface area (Å²) in [6.45, 7) is 0. The lowest BCUT2D eigenvalue weighted by Gasteiger charge is -2.20. The Morgan fingerprint density at radius 2 is 1.94 bits per heavy atom. The molecule has 1 saturated carbocycles. The van der Waals surface area contributed by atoms with Crippen LogP contribution in [0.4, 0.5) is 0 Å². The second-order valence-corrected chi connectivity index (χ2v) is 4.99. The molecule has 1 fully saturated rings. The summed E-state index contributed by atoms with van der Waals surface area (Å²) in [7, 11) is 0. The lowest BCUT2D eigenvalue weighted by atomic mass is 9.90. The van der Waals surface area contributed by atoms with Gasteiger partial charge in [-0.2, -0.15) is 0 Å². The number of fused-ring (bicyclic) bond motifs is 1. The van der Waals surface area contributed by atoms with Gasteiger partial charge in [-0.15, -0.1) is 0 Å². The Hall–Kier alpha value is -1.41. The van der Waals surface area contributed by atoms with Gasteiger partial charge in [-0.25, -0.2) is 0 Å². The molecule has 1 aromatic heterocycles. The van der Waals surface area contributed by atoms with Crippen LogP contribution in [0.3, 0.4) is 0 Å². The fraction of sp³-hybridized carbons (Fsp3) is 0.400. The van der Waals surface area contributed by atoms with Gasteiger partial charge in [0.2, 0.25) is 0 Å². The largest absolute Gasteiger partial charge is 0.324 e. The van der Waals surface area contributed by atoms with Crippen LogP contribution in [0, 0.1) is 5.92 Å². The summed E-state index contributed by atoms with van der Waals surface area (Å²) in [5.74, 6) is 0.654. The highest BCUT2D eigenvalue weighted by molar-refractivity contribution is 5.82. The molecule has 1 aliphatic carbocycles. The van der Waals surface area contributed by atoms with E-state index in [1.165, 1.54) is 36.6 Å². The van der Waals surface area contributed by atoms with Crippen molar-refractivity contribution in [1.29, 1.82) is 0 Å². The summed E-state index contributed by atoms with van der Waals surface area (Å²) < 4.78 is 0. The zero-order valence-corrected chi connectivity index (χ0v) is 9.97. The SMILES string of the molecule is NC(c1cccc2ncccc12)C1CCCC1. The van der Waals surface area contributed by atoms with Crippen molar-refractivity contribution < 1.29 is 0 Å².